The van der Waals surface area contributed by atoms with Gasteiger partial charge in [-0.25, -0.2) is 9.78 Å². The normalized spacial score (nSPS) is 23.0. The summed E-state index contributed by atoms with van der Waals surface area (Å²) in [7, 11) is 0. The van der Waals surface area contributed by atoms with Gasteiger partial charge in [-0.1, -0.05) is 17.3 Å². The van der Waals surface area contributed by atoms with Gasteiger partial charge < -0.3 is 24.0 Å². The summed E-state index contributed by atoms with van der Waals surface area (Å²) < 4.78 is 55.4. The Balaban J connectivity index is 1.19. The lowest BCUT2D eigenvalue weighted by Crippen LogP contribution is -2.46. The summed E-state index contributed by atoms with van der Waals surface area (Å²) in [6.07, 6.45) is 1.91. The van der Waals surface area contributed by atoms with Crippen LogP contribution in [0.25, 0.3) is 11.3 Å². The number of carbonyl (C=O) groups is 1. The lowest BCUT2D eigenvalue weighted by Gasteiger charge is -2.39. The molecule has 2 aromatic heterocycles. The van der Waals surface area contributed by atoms with E-state index >= 15 is 0 Å². The number of benzene rings is 1. The molecule has 1 aliphatic carbocycles. The first kappa shape index (κ1) is 24.7. The van der Waals surface area contributed by atoms with Crippen molar-refractivity contribution < 1.29 is 37.1 Å². The number of ether oxygens (including phenoxy) is 2. The smallest absolute Gasteiger partial charge is 0.478 e. The van der Waals surface area contributed by atoms with Crippen LogP contribution in [0.15, 0.2) is 47.1 Å². The Morgan fingerprint density at radius 1 is 1.08 bits per heavy atom. The van der Waals surface area contributed by atoms with Crippen LogP contribution in [0, 0.1) is 0 Å². The fourth-order valence-electron chi connectivity index (χ4n) is 5.72. The van der Waals surface area contributed by atoms with Crippen molar-refractivity contribution >= 4 is 11.8 Å². The Morgan fingerprint density at radius 2 is 1.82 bits per heavy atom. The van der Waals surface area contributed by atoms with Gasteiger partial charge in [0.2, 0.25) is 0 Å². The maximum Gasteiger partial charge on any atom is 0.573 e. The van der Waals surface area contributed by atoms with Crippen molar-refractivity contribution in [2.45, 2.75) is 75.6 Å². The van der Waals surface area contributed by atoms with Crippen LogP contribution in [0.3, 0.4) is 0 Å². The maximum absolute atomic E-state index is 13.0. The van der Waals surface area contributed by atoms with E-state index in [4.69, 9.17) is 14.4 Å². The summed E-state index contributed by atoms with van der Waals surface area (Å²) in [5.74, 6) is 0.294. The fraction of sp³-hybridized carbons (Fsp3) is 0.444. The van der Waals surface area contributed by atoms with Crippen LogP contribution in [0.2, 0.25) is 0 Å². The molecule has 6 rings (SSSR count). The third kappa shape index (κ3) is 4.94. The molecule has 3 aliphatic rings. The molecule has 3 atom stereocenters. The molecule has 1 N–H and O–H groups in total. The molecule has 4 heterocycles. The van der Waals surface area contributed by atoms with Gasteiger partial charge in [0.15, 0.2) is 0 Å². The summed E-state index contributed by atoms with van der Waals surface area (Å²) in [6, 6.07) is 9.68. The molecule has 2 bridgehead atoms. The molecule has 3 fully saturated rings. The molecule has 2 aliphatic heterocycles. The van der Waals surface area contributed by atoms with E-state index in [1.807, 2.05) is 0 Å². The van der Waals surface area contributed by atoms with E-state index in [9.17, 15) is 18.0 Å². The number of aromatic carboxylic acids is 1. The van der Waals surface area contributed by atoms with Crippen molar-refractivity contribution in [2.75, 3.05) is 4.90 Å². The number of aromatic nitrogens is 2. The third-order valence-corrected chi connectivity index (χ3v) is 7.55. The minimum atomic E-state index is -4.83. The summed E-state index contributed by atoms with van der Waals surface area (Å²) in [6.45, 7) is 0.181. The van der Waals surface area contributed by atoms with Crippen molar-refractivity contribution in [2.24, 2.45) is 0 Å². The van der Waals surface area contributed by atoms with Gasteiger partial charge in [0.05, 0.1) is 18.3 Å². The summed E-state index contributed by atoms with van der Waals surface area (Å²) >= 11 is 0. The lowest BCUT2D eigenvalue weighted by atomic mass is 9.99. The Kier molecular flexibility index (Phi) is 6.25. The van der Waals surface area contributed by atoms with Gasteiger partial charge in [-0.2, -0.15) is 0 Å². The zero-order chi connectivity index (χ0) is 26.4. The first-order chi connectivity index (χ1) is 18.3. The average Bonchev–Trinajstić information content (AvgIpc) is 3.58. The van der Waals surface area contributed by atoms with Crippen LogP contribution >= 0.6 is 0 Å². The second kappa shape index (κ2) is 9.61. The standard InChI is InChI=1S/C27H26F3N3O5/c28-27(29,30)37-22-4-2-1-3-20(22)24-21(25(38-32-24)15-5-6-15)14-36-19-11-17-8-9-18(12-19)33(17)23-10-7-16(13-31-23)26(34)35/h1-4,7,10,13,15,17-19H,5-6,8-9,11-12,14H2,(H,34,35)/t17-,18+,19-. The van der Waals surface area contributed by atoms with Gasteiger partial charge in [0.25, 0.3) is 0 Å². The van der Waals surface area contributed by atoms with Crippen LogP contribution < -0.4 is 9.64 Å². The second-order valence-corrected chi connectivity index (χ2v) is 10.1. The Morgan fingerprint density at radius 3 is 2.45 bits per heavy atom. The Labute approximate surface area is 216 Å². The maximum atomic E-state index is 13.0. The van der Waals surface area contributed by atoms with Gasteiger partial charge in [-0.15, -0.1) is 13.2 Å². The van der Waals surface area contributed by atoms with E-state index in [2.05, 4.69) is 19.8 Å². The van der Waals surface area contributed by atoms with Crippen LogP contribution in [-0.2, 0) is 11.3 Å². The first-order valence-corrected chi connectivity index (χ1v) is 12.7. The van der Waals surface area contributed by atoms with E-state index in [0.717, 1.165) is 44.3 Å². The van der Waals surface area contributed by atoms with Crippen LogP contribution in [0.5, 0.6) is 5.75 Å². The van der Waals surface area contributed by atoms with Crippen molar-refractivity contribution in [1.82, 2.24) is 10.1 Å². The van der Waals surface area contributed by atoms with E-state index in [1.165, 1.54) is 18.3 Å². The Bertz CT molecular complexity index is 1310. The number of halogens is 3. The van der Waals surface area contributed by atoms with E-state index in [1.54, 1.807) is 24.3 Å². The number of fused-ring (bicyclic) bond motifs is 2. The highest BCUT2D eigenvalue weighted by molar-refractivity contribution is 5.87. The molecule has 200 valence electrons. The number of anilines is 1. The van der Waals surface area contributed by atoms with Crippen molar-refractivity contribution in [3.8, 4) is 17.0 Å². The summed E-state index contributed by atoms with van der Waals surface area (Å²) in [4.78, 5) is 17.8. The molecule has 0 radical (unpaired) electrons. The molecule has 0 amide bonds. The van der Waals surface area contributed by atoms with Crippen LogP contribution in [-0.4, -0.2) is 45.8 Å². The van der Waals surface area contributed by atoms with Gasteiger partial charge in [-0.05, 0) is 62.8 Å². The molecule has 8 nitrogen and oxygen atoms in total. The molecule has 1 aromatic carbocycles. The van der Waals surface area contributed by atoms with Gasteiger partial charge in [0, 0.05) is 35.3 Å². The fourth-order valence-corrected chi connectivity index (χ4v) is 5.72. The molecular weight excluding hydrogens is 503 g/mol. The number of carboxylic acids is 1. The lowest BCUT2D eigenvalue weighted by molar-refractivity contribution is -0.274. The number of rotatable bonds is 8. The van der Waals surface area contributed by atoms with Crippen molar-refractivity contribution in [1.29, 1.82) is 0 Å². The molecule has 1 saturated carbocycles. The number of pyridine rings is 1. The van der Waals surface area contributed by atoms with Crippen LogP contribution in [0.1, 0.15) is 66.1 Å². The van der Waals surface area contributed by atoms with Gasteiger partial charge in [-0.3, -0.25) is 0 Å². The van der Waals surface area contributed by atoms with Crippen molar-refractivity contribution in [3.05, 3.63) is 59.5 Å². The molecule has 3 aromatic rings. The number of para-hydroxylation sites is 1. The first-order valence-electron chi connectivity index (χ1n) is 12.7. The molecule has 0 unspecified atom stereocenters. The number of hydrogen-bond donors (Lipinski definition) is 1. The zero-order valence-electron chi connectivity index (χ0n) is 20.4. The van der Waals surface area contributed by atoms with Gasteiger partial charge in [0.1, 0.15) is 23.0 Å². The van der Waals surface area contributed by atoms with E-state index < -0.39 is 12.3 Å². The number of hydrogen-bond acceptors (Lipinski definition) is 7. The zero-order valence-corrected chi connectivity index (χ0v) is 20.4. The monoisotopic (exact) mass is 529 g/mol. The SMILES string of the molecule is O=C(O)c1ccc(N2[C@@H]3CC[C@H]2C[C@H](OCc2c(-c4ccccc4OC(F)(F)F)noc2C2CC2)C3)nc1. The number of nitrogens with zero attached hydrogens (tertiary/aromatic N) is 3. The quantitative estimate of drug-likeness (QED) is 0.384. The van der Waals surface area contributed by atoms with Crippen LogP contribution in [0.4, 0.5) is 19.0 Å². The van der Waals surface area contributed by atoms with Crippen molar-refractivity contribution in [3.63, 3.8) is 0 Å². The predicted molar refractivity (Wildman–Crippen MR) is 129 cm³/mol. The highest BCUT2D eigenvalue weighted by atomic mass is 19.4. The second-order valence-electron chi connectivity index (χ2n) is 10.1. The molecule has 0 spiro atoms. The average molecular weight is 530 g/mol. The van der Waals surface area contributed by atoms with Gasteiger partial charge >= 0.3 is 12.3 Å². The van der Waals surface area contributed by atoms with E-state index in [-0.39, 0.29) is 47.6 Å². The van der Waals surface area contributed by atoms with E-state index in [0.29, 0.717) is 17.0 Å². The highest BCUT2D eigenvalue weighted by Crippen LogP contribution is 2.46. The highest BCUT2D eigenvalue weighted by Gasteiger charge is 2.42. The largest absolute Gasteiger partial charge is 0.573 e. The molecular formula is C27H26F3N3O5. The minimum Gasteiger partial charge on any atom is -0.478 e. The predicted octanol–water partition coefficient (Wildman–Crippen LogP) is 5.93. The topological polar surface area (TPSA) is 97.9 Å². The molecule has 11 heteroatoms. The minimum absolute atomic E-state index is 0.0430. The Hall–Kier alpha value is -3.60. The molecule has 38 heavy (non-hydrogen) atoms. The number of carboxylic acid groups (broad SMARTS) is 1. The molecule has 2 saturated heterocycles. The summed E-state index contributed by atoms with van der Waals surface area (Å²) in [5.41, 5.74) is 1.35. The third-order valence-electron chi connectivity index (χ3n) is 7.55. The summed E-state index contributed by atoms with van der Waals surface area (Å²) in [5, 5.41) is 13.3. The number of alkyl halides is 3. The number of piperidine rings is 1.